The number of nitrogens with zero attached hydrogens (tertiary/aromatic N) is 1. The molecule has 2 unspecified atom stereocenters. The molecule has 2 rings (SSSR count). The summed E-state index contributed by atoms with van der Waals surface area (Å²) in [5, 5.41) is 12.0. The van der Waals surface area contributed by atoms with Gasteiger partial charge in [0, 0.05) is 11.7 Å². The van der Waals surface area contributed by atoms with Crippen molar-refractivity contribution in [3.63, 3.8) is 0 Å². The van der Waals surface area contributed by atoms with Crippen LogP contribution in [0.15, 0.2) is 24.3 Å². The van der Waals surface area contributed by atoms with Crippen LogP contribution in [0.5, 0.6) is 0 Å². The summed E-state index contributed by atoms with van der Waals surface area (Å²) in [6.45, 7) is 3.18. The summed E-state index contributed by atoms with van der Waals surface area (Å²) in [5.74, 6) is -0.161. The van der Waals surface area contributed by atoms with Gasteiger partial charge in [-0.25, -0.2) is 4.39 Å². The van der Waals surface area contributed by atoms with Gasteiger partial charge in [0.1, 0.15) is 5.82 Å². The minimum absolute atomic E-state index is 0.0401. The first kappa shape index (κ1) is 14.0. The highest BCUT2D eigenvalue weighted by Gasteiger charge is 2.31. The standard InChI is InChI=1S/C14H19FN2O2/c1-10-5-6-17(13(10)9-18)8-14(19)16-12-4-2-3-11(15)7-12/h2-4,7,10,13,18H,5-6,8-9H2,1H3,(H,16,19). The molecule has 0 aromatic heterocycles. The molecule has 1 saturated heterocycles. The number of aliphatic hydroxyl groups is 1. The van der Waals surface area contributed by atoms with E-state index in [1.165, 1.54) is 12.1 Å². The number of aliphatic hydroxyl groups excluding tert-OH is 1. The van der Waals surface area contributed by atoms with Gasteiger partial charge in [0.2, 0.25) is 5.91 Å². The molecule has 0 saturated carbocycles. The van der Waals surface area contributed by atoms with Gasteiger partial charge in [-0.15, -0.1) is 0 Å². The quantitative estimate of drug-likeness (QED) is 0.867. The number of carbonyl (C=O) groups is 1. The Balaban J connectivity index is 1.91. The molecule has 4 nitrogen and oxygen atoms in total. The highest BCUT2D eigenvalue weighted by atomic mass is 19.1. The summed E-state index contributed by atoms with van der Waals surface area (Å²) in [6, 6.07) is 5.86. The van der Waals surface area contributed by atoms with Crippen LogP contribution in [0.3, 0.4) is 0 Å². The van der Waals surface area contributed by atoms with Crippen molar-refractivity contribution in [2.45, 2.75) is 19.4 Å². The number of likely N-dealkylation sites (tertiary alicyclic amines) is 1. The summed E-state index contributed by atoms with van der Waals surface area (Å²) in [6.07, 6.45) is 0.985. The van der Waals surface area contributed by atoms with Gasteiger partial charge in [-0.1, -0.05) is 13.0 Å². The molecule has 0 bridgehead atoms. The predicted molar refractivity (Wildman–Crippen MR) is 71.3 cm³/mol. The molecule has 1 amide bonds. The third-order valence-corrected chi connectivity index (χ3v) is 3.64. The van der Waals surface area contributed by atoms with Crippen LogP contribution in [0.25, 0.3) is 0 Å². The molecular weight excluding hydrogens is 247 g/mol. The zero-order valence-corrected chi connectivity index (χ0v) is 11.0. The minimum atomic E-state index is -0.374. The van der Waals surface area contributed by atoms with E-state index in [9.17, 15) is 14.3 Å². The normalized spacial score (nSPS) is 23.5. The van der Waals surface area contributed by atoms with Crippen molar-refractivity contribution in [1.29, 1.82) is 0 Å². The van der Waals surface area contributed by atoms with Gasteiger partial charge in [0.25, 0.3) is 0 Å². The molecule has 2 atom stereocenters. The van der Waals surface area contributed by atoms with Crippen molar-refractivity contribution < 1.29 is 14.3 Å². The summed E-state index contributed by atoms with van der Waals surface area (Å²) < 4.78 is 13.0. The van der Waals surface area contributed by atoms with Gasteiger partial charge < -0.3 is 10.4 Å². The molecule has 1 fully saturated rings. The molecule has 1 aromatic rings. The zero-order chi connectivity index (χ0) is 13.8. The van der Waals surface area contributed by atoms with Crippen molar-refractivity contribution in [2.24, 2.45) is 5.92 Å². The number of rotatable bonds is 4. The molecule has 0 aliphatic carbocycles. The van der Waals surface area contributed by atoms with Gasteiger partial charge in [-0.3, -0.25) is 9.69 Å². The van der Waals surface area contributed by atoms with Crippen molar-refractivity contribution in [3.05, 3.63) is 30.1 Å². The highest BCUT2D eigenvalue weighted by molar-refractivity contribution is 5.92. The number of anilines is 1. The first-order chi connectivity index (χ1) is 9.10. The number of benzene rings is 1. The fourth-order valence-electron chi connectivity index (χ4n) is 2.53. The van der Waals surface area contributed by atoms with Crippen LogP contribution in [0.2, 0.25) is 0 Å². The van der Waals surface area contributed by atoms with Gasteiger partial charge in [0.15, 0.2) is 0 Å². The van der Waals surface area contributed by atoms with Crippen molar-refractivity contribution in [2.75, 3.05) is 25.0 Å². The summed E-state index contributed by atoms with van der Waals surface area (Å²) in [5.41, 5.74) is 0.456. The van der Waals surface area contributed by atoms with Crippen molar-refractivity contribution >= 4 is 11.6 Å². The second-order valence-electron chi connectivity index (χ2n) is 5.04. The first-order valence-corrected chi connectivity index (χ1v) is 6.50. The lowest BCUT2D eigenvalue weighted by Gasteiger charge is -2.24. The molecule has 104 valence electrons. The van der Waals surface area contributed by atoms with E-state index in [2.05, 4.69) is 12.2 Å². The van der Waals surface area contributed by atoms with E-state index in [-0.39, 0.29) is 30.9 Å². The molecule has 0 spiro atoms. The van der Waals surface area contributed by atoms with E-state index in [0.29, 0.717) is 11.6 Å². The average molecular weight is 266 g/mol. The second kappa shape index (κ2) is 6.12. The highest BCUT2D eigenvalue weighted by Crippen LogP contribution is 2.23. The smallest absolute Gasteiger partial charge is 0.238 e. The number of amides is 1. The summed E-state index contributed by atoms with van der Waals surface area (Å²) >= 11 is 0. The minimum Gasteiger partial charge on any atom is -0.395 e. The fourth-order valence-corrected chi connectivity index (χ4v) is 2.53. The Morgan fingerprint density at radius 2 is 2.37 bits per heavy atom. The molecule has 19 heavy (non-hydrogen) atoms. The number of hydrogen-bond acceptors (Lipinski definition) is 3. The lowest BCUT2D eigenvalue weighted by molar-refractivity contribution is -0.117. The van der Waals surface area contributed by atoms with E-state index >= 15 is 0 Å². The summed E-state index contributed by atoms with van der Waals surface area (Å²) in [4.78, 5) is 13.9. The number of nitrogens with one attached hydrogen (secondary N) is 1. The van der Waals surface area contributed by atoms with Crippen LogP contribution < -0.4 is 5.32 Å². The molecule has 1 heterocycles. The van der Waals surface area contributed by atoms with Crippen LogP contribution in [0, 0.1) is 11.7 Å². The molecule has 1 aromatic carbocycles. The maximum atomic E-state index is 13.0. The van der Waals surface area contributed by atoms with Crippen LogP contribution in [-0.2, 0) is 4.79 Å². The topological polar surface area (TPSA) is 52.6 Å². The van der Waals surface area contributed by atoms with Crippen LogP contribution in [0.1, 0.15) is 13.3 Å². The largest absolute Gasteiger partial charge is 0.395 e. The molecular formula is C14H19FN2O2. The Hall–Kier alpha value is -1.46. The molecule has 5 heteroatoms. The van der Waals surface area contributed by atoms with Crippen LogP contribution in [0.4, 0.5) is 10.1 Å². The maximum absolute atomic E-state index is 13.0. The van der Waals surface area contributed by atoms with Crippen LogP contribution >= 0.6 is 0 Å². The van der Waals surface area contributed by atoms with E-state index in [1.807, 2.05) is 4.90 Å². The average Bonchev–Trinajstić information content (AvgIpc) is 2.69. The van der Waals surface area contributed by atoms with Crippen LogP contribution in [-0.4, -0.2) is 41.7 Å². The molecule has 1 aliphatic heterocycles. The number of carbonyl (C=O) groups excluding carboxylic acids is 1. The molecule has 2 N–H and O–H groups in total. The van der Waals surface area contributed by atoms with Gasteiger partial charge in [0.05, 0.1) is 13.2 Å². The van der Waals surface area contributed by atoms with Crippen molar-refractivity contribution in [1.82, 2.24) is 4.90 Å². The maximum Gasteiger partial charge on any atom is 0.238 e. The predicted octanol–water partition coefficient (Wildman–Crippen LogP) is 1.47. The third-order valence-electron chi connectivity index (χ3n) is 3.64. The third kappa shape index (κ3) is 3.52. The number of hydrogen-bond donors (Lipinski definition) is 2. The molecule has 1 aliphatic rings. The lowest BCUT2D eigenvalue weighted by atomic mass is 10.0. The SMILES string of the molecule is CC1CCN(CC(=O)Nc2cccc(F)c2)C1CO. The van der Waals surface area contributed by atoms with E-state index < -0.39 is 0 Å². The van der Waals surface area contributed by atoms with Gasteiger partial charge in [-0.05, 0) is 37.1 Å². The molecule has 0 radical (unpaired) electrons. The monoisotopic (exact) mass is 266 g/mol. The second-order valence-corrected chi connectivity index (χ2v) is 5.04. The van der Waals surface area contributed by atoms with E-state index in [1.54, 1.807) is 12.1 Å². The van der Waals surface area contributed by atoms with Crippen molar-refractivity contribution in [3.8, 4) is 0 Å². The van der Waals surface area contributed by atoms with E-state index in [4.69, 9.17) is 0 Å². The zero-order valence-electron chi connectivity index (χ0n) is 11.0. The Bertz CT molecular complexity index is 453. The Morgan fingerprint density at radius 3 is 3.05 bits per heavy atom. The van der Waals surface area contributed by atoms with E-state index in [0.717, 1.165) is 13.0 Å². The Labute approximate surface area is 112 Å². The first-order valence-electron chi connectivity index (χ1n) is 6.50. The van der Waals surface area contributed by atoms with Gasteiger partial charge in [-0.2, -0.15) is 0 Å². The Morgan fingerprint density at radius 1 is 1.58 bits per heavy atom. The number of halogens is 1. The van der Waals surface area contributed by atoms with Gasteiger partial charge >= 0.3 is 0 Å². The fraction of sp³-hybridized carbons (Fsp3) is 0.500. The Kier molecular flexibility index (Phi) is 4.50. The summed E-state index contributed by atoms with van der Waals surface area (Å²) in [7, 11) is 0. The lowest BCUT2D eigenvalue weighted by Crippen LogP contribution is -2.40.